The van der Waals surface area contributed by atoms with E-state index in [0.717, 1.165) is 16.1 Å². The lowest BCUT2D eigenvalue weighted by Gasteiger charge is -2.09. The summed E-state index contributed by atoms with van der Waals surface area (Å²) in [6.45, 7) is 1.80. The molecule has 0 bridgehead atoms. The van der Waals surface area contributed by atoms with Gasteiger partial charge in [0.15, 0.2) is 0 Å². The van der Waals surface area contributed by atoms with Crippen molar-refractivity contribution in [2.24, 2.45) is 0 Å². The third kappa shape index (κ3) is 3.12. The van der Waals surface area contributed by atoms with Gasteiger partial charge in [-0.3, -0.25) is 4.79 Å². The van der Waals surface area contributed by atoms with Crippen LogP contribution in [0.2, 0.25) is 0 Å². The Morgan fingerprint density at radius 1 is 1.26 bits per heavy atom. The first-order valence-corrected chi connectivity index (χ1v) is 6.32. The minimum absolute atomic E-state index is 0.0298. The van der Waals surface area contributed by atoms with Gasteiger partial charge in [-0.05, 0) is 36.8 Å². The van der Waals surface area contributed by atoms with Crippen LogP contribution in [0.4, 0.5) is 10.1 Å². The summed E-state index contributed by atoms with van der Waals surface area (Å²) in [7, 11) is 0. The maximum atomic E-state index is 13.5. The number of hydrogen-bond acceptors (Lipinski definition) is 2. The van der Waals surface area contributed by atoms with Gasteiger partial charge in [-0.1, -0.05) is 22.0 Å². The Bertz CT molecular complexity index is 643. The van der Waals surface area contributed by atoms with E-state index in [2.05, 4.69) is 21.2 Å². The summed E-state index contributed by atoms with van der Waals surface area (Å²) >= 11 is 3.29. The minimum atomic E-state index is -0.680. The molecule has 2 aromatic rings. The van der Waals surface area contributed by atoms with Crippen molar-refractivity contribution in [3.05, 3.63) is 57.8 Å². The van der Waals surface area contributed by atoms with E-state index in [4.69, 9.17) is 5.11 Å². The largest absolute Gasteiger partial charge is 0.508 e. The number of anilines is 1. The highest BCUT2D eigenvalue weighted by Gasteiger charge is 2.12. The highest BCUT2D eigenvalue weighted by molar-refractivity contribution is 9.10. The van der Waals surface area contributed by atoms with Crippen LogP contribution in [0.25, 0.3) is 0 Å². The standard InChI is InChI=1S/C14H11BrFNO2/c1-8-2-3-9(15)6-11(8)14(19)17-13-5-4-10(18)7-12(13)16/h2-7,18H,1H3,(H,17,19). The molecule has 0 unspecified atom stereocenters. The van der Waals surface area contributed by atoms with E-state index in [1.807, 2.05) is 6.07 Å². The zero-order valence-electron chi connectivity index (χ0n) is 10.1. The second-order valence-corrected chi connectivity index (χ2v) is 4.99. The molecule has 0 heterocycles. The molecule has 0 spiro atoms. The number of aryl methyl sites for hydroxylation is 1. The Kier molecular flexibility index (Phi) is 3.85. The number of phenolic OH excluding ortho intramolecular Hbond substituents is 1. The van der Waals surface area contributed by atoms with E-state index in [0.29, 0.717) is 5.56 Å². The van der Waals surface area contributed by atoms with E-state index in [1.54, 1.807) is 19.1 Å². The third-order valence-corrected chi connectivity index (χ3v) is 3.14. The van der Waals surface area contributed by atoms with Crippen molar-refractivity contribution >= 4 is 27.5 Å². The van der Waals surface area contributed by atoms with Gasteiger partial charge in [0.1, 0.15) is 11.6 Å². The number of halogens is 2. The predicted octanol–water partition coefficient (Wildman–Crippen LogP) is 3.85. The fraction of sp³-hybridized carbons (Fsp3) is 0.0714. The number of benzene rings is 2. The van der Waals surface area contributed by atoms with Gasteiger partial charge in [0.2, 0.25) is 0 Å². The molecule has 0 radical (unpaired) electrons. The normalized spacial score (nSPS) is 10.3. The summed E-state index contributed by atoms with van der Waals surface area (Å²) in [6.07, 6.45) is 0. The van der Waals surface area contributed by atoms with Gasteiger partial charge in [-0.25, -0.2) is 4.39 Å². The minimum Gasteiger partial charge on any atom is -0.508 e. The molecule has 2 N–H and O–H groups in total. The molecule has 0 fully saturated rings. The predicted molar refractivity (Wildman–Crippen MR) is 74.9 cm³/mol. The van der Waals surface area contributed by atoms with Crippen molar-refractivity contribution in [2.45, 2.75) is 6.92 Å². The summed E-state index contributed by atoms with van der Waals surface area (Å²) in [6, 6.07) is 8.87. The maximum Gasteiger partial charge on any atom is 0.256 e. The van der Waals surface area contributed by atoms with Crippen LogP contribution < -0.4 is 5.32 Å². The van der Waals surface area contributed by atoms with Crippen LogP contribution in [0.3, 0.4) is 0 Å². The number of hydrogen-bond donors (Lipinski definition) is 2. The van der Waals surface area contributed by atoms with E-state index < -0.39 is 11.7 Å². The van der Waals surface area contributed by atoms with Gasteiger partial charge in [0, 0.05) is 16.1 Å². The number of aromatic hydroxyl groups is 1. The van der Waals surface area contributed by atoms with Crippen LogP contribution in [-0.2, 0) is 0 Å². The molecule has 0 saturated carbocycles. The molecule has 0 aromatic heterocycles. The van der Waals surface area contributed by atoms with Crippen molar-refractivity contribution < 1.29 is 14.3 Å². The molecule has 0 aliphatic heterocycles. The number of rotatable bonds is 2. The molecule has 19 heavy (non-hydrogen) atoms. The second-order valence-electron chi connectivity index (χ2n) is 4.08. The maximum absolute atomic E-state index is 13.5. The van der Waals surface area contributed by atoms with E-state index in [1.165, 1.54) is 12.1 Å². The average molecular weight is 324 g/mol. The van der Waals surface area contributed by atoms with E-state index >= 15 is 0 Å². The lowest BCUT2D eigenvalue weighted by Crippen LogP contribution is -2.14. The van der Waals surface area contributed by atoms with Crippen LogP contribution >= 0.6 is 15.9 Å². The lowest BCUT2D eigenvalue weighted by atomic mass is 10.1. The molecule has 0 atom stereocenters. The summed E-state index contributed by atoms with van der Waals surface area (Å²) in [4.78, 5) is 12.1. The molecule has 0 aliphatic carbocycles. The molecule has 0 aliphatic rings. The molecule has 2 aromatic carbocycles. The molecule has 0 saturated heterocycles. The van der Waals surface area contributed by atoms with Crippen LogP contribution in [0.5, 0.6) is 5.75 Å². The number of carbonyl (C=O) groups is 1. The van der Waals surface area contributed by atoms with Crippen LogP contribution in [0.15, 0.2) is 40.9 Å². The zero-order chi connectivity index (χ0) is 14.0. The Labute approximate surface area is 118 Å². The van der Waals surface area contributed by atoms with Gasteiger partial charge in [0.25, 0.3) is 5.91 Å². The van der Waals surface area contributed by atoms with Gasteiger partial charge in [-0.15, -0.1) is 0 Å². The number of nitrogens with one attached hydrogen (secondary N) is 1. The molecular formula is C14H11BrFNO2. The Balaban J connectivity index is 2.28. The fourth-order valence-electron chi connectivity index (χ4n) is 1.63. The zero-order valence-corrected chi connectivity index (χ0v) is 11.7. The number of carbonyl (C=O) groups excluding carboxylic acids is 1. The first kappa shape index (κ1) is 13.5. The quantitative estimate of drug-likeness (QED) is 0.824. The lowest BCUT2D eigenvalue weighted by molar-refractivity contribution is 0.102. The van der Waals surface area contributed by atoms with Crippen LogP contribution in [-0.4, -0.2) is 11.0 Å². The molecule has 3 nitrogen and oxygen atoms in total. The highest BCUT2D eigenvalue weighted by Crippen LogP contribution is 2.22. The van der Waals surface area contributed by atoms with Crippen molar-refractivity contribution in [2.75, 3.05) is 5.32 Å². The molecule has 2 rings (SSSR count). The Morgan fingerprint density at radius 3 is 2.68 bits per heavy atom. The van der Waals surface area contributed by atoms with Crippen LogP contribution in [0.1, 0.15) is 15.9 Å². The topological polar surface area (TPSA) is 49.3 Å². The van der Waals surface area contributed by atoms with Gasteiger partial charge in [-0.2, -0.15) is 0 Å². The average Bonchev–Trinajstić information content (AvgIpc) is 2.35. The molecular weight excluding hydrogens is 313 g/mol. The molecule has 1 amide bonds. The van der Waals surface area contributed by atoms with E-state index in [9.17, 15) is 9.18 Å². The SMILES string of the molecule is Cc1ccc(Br)cc1C(=O)Nc1ccc(O)cc1F. The Morgan fingerprint density at radius 2 is 2.00 bits per heavy atom. The van der Waals surface area contributed by atoms with Gasteiger partial charge >= 0.3 is 0 Å². The van der Waals surface area contributed by atoms with Crippen LogP contribution in [0, 0.1) is 12.7 Å². The smallest absolute Gasteiger partial charge is 0.256 e. The highest BCUT2D eigenvalue weighted by atomic mass is 79.9. The monoisotopic (exact) mass is 323 g/mol. The first-order chi connectivity index (χ1) is 8.97. The van der Waals surface area contributed by atoms with E-state index in [-0.39, 0.29) is 11.4 Å². The summed E-state index contributed by atoms with van der Waals surface area (Å²) in [5.41, 5.74) is 1.28. The van der Waals surface area contributed by atoms with Crippen molar-refractivity contribution in [1.82, 2.24) is 0 Å². The van der Waals surface area contributed by atoms with Gasteiger partial charge < -0.3 is 10.4 Å². The number of amides is 1. The molecule has 5 heteroatoms. The summed E-state index contributed by atoms with van der Waals surface area (Å²) < 4.78 is 14.3. The van der Waals surface area contributed by atoms with Gasteiger partial charge in [0.05, 0.1) is 5.69 Å². The fourth-order valence-corrected chi connectivity index (χ4v) is 1.99. The van der Waals surface area contributed by atoms with Crippen molar-refractivity contribution in [1.29, 1.82) is 0 Å². The van der Waals surface area contributed by atoms with Crippen molar-refractivity contribution in [3.63, 3.8) is 0 Å². The third-order valence-electron chi connectivity index (χ3n) is 2.65. The second kappa shape index (κ2) is 5.40. The summed E-state index contributed by atoms with van der Waals surface area (Å²) in [5, 5.41) is 11.6. The molecule has 98 valence electrons. The summed E-state index contributed by atoms with van der Waals surface area (Å²) in [5.74, 6) is -1.27. The first-order valence-electron chi connectivity index (χ1n) is 5.53. The van der Waals surface area contributed by atoms with Crippen molar-refractivity contribution in [3.8, 4) is 5.75 Å². The Hall–Kier alpha value is -1.88. The number of phenols is 1.